The van der Waals surface area contributed by atoms with Gasteiger partial charge in [-0.05, 0) is 61.2 Å². The van der Waals surface area contributed by atoms with Gasteiger partial charge in [-0.2, -0.15) is 0 Å². The van der Waals surface area contributed by atoms with E-state index >= 15 is 0 Å². The maximum atomic E-state index is 13.7. The van der Waals surface area contributed by atoms with Crippen LogP contribution in [0.15, 0.2) is 40.9 Å². The number of rotatable bonds is 3. The molecule has 0 aliphatic carbocycles. The molecular weight excluding hydrogens is 324 g/mol. The fourth-order valence-corrected chi connectivity index (χ4v) is 2.70. The van der Waals surface area contributed by atoms with Gasteiger partial charge in [0, 0.05) is 10.0 Å². The van der Waals surface area contributed by atoms with Crippen molar-refractivity contribution in [3.8, 4) is 0 Å². The molecular formula is C16H16BrF2N. The Morgan fingerprint density at radius 3 is 2.45 bits per heavy atom. The Bertz CT molecular complexity index is 618. The number of hydrogen-bond donors (Lipinski definition) is 1. The zero-order valence-electron chi connectivity index (χ0n) is 11.4. The minimum atomic E-state index is -0.762. The third-order valence-electron chi connectivity index (χ3n) is 3.32. The highest BCUT2D eigenvalue weighted by Crippen LogP contribution is 2.26. The summed E-state index contributed by atoms with van der Waals surface area (Å²) in [6.07, 6.45) is 0.422. The zero-order valence-corrected chi connectivity index (χ0v) is 13.0. The molecule has 0 bridgehead atoms. The predicted octanol–water partition coefficient (Wildman–Crippen LogP) is 4.45. The topological polar surface area (TPSA) is 26.0 Å². The quantitative estimate of drug-likeness (QED) is 0.878. The Kier molecular flexibility index (Phi) is 4.25. The second-order valence-corrected chi connectivity index (χ2v) is 6.25. The Labute approximate surface area is 125 Å². The molecule has 20 heavy (non-hydrogen) atoms. The molecule has 0 radical (unpaired) electrons. The lowest BCUT2D eigenvalue weighted by atomic mass is 9.86. The van der Waals surface area contributed by atoms with Gasteiger partial charge in [-0.1, -0.05) is 28.1 Å². The van der Waals surface area contributed by atoms with Crippen LogP contribution in [0.5, 0.6) is 0 Å². The highest BCUT2D eigenvalue weighted by atomic mass is 79.9. The van der Waals surface area contributed by atoms with Gasteiger partial charge < -0.3 is 5.73 Å². The van der Waals surface area contributed by atoms with Gasteiger partial charge in [-0.15, -0.1) is 0 Å². The Morgan fingerprint density at radius 1 is 1.15 bits per heavy atom. The number of benzene rings is 2. The van der Waals surface area contributed by atoms with Gasteiger partial charge in [0.05, 0.1) is 0 Å². The molecule has 0 heterocycles. The van der Waals surface area contributed by atoms with Gasteiger partial charge in [-0.25, -0.2) is 8.78 Å². The van der Waals surface area contributed by atoms with Crippen molar-refractivity contribution in [3.05, 3.63) is 69.2 Å². The molecule has 0 fully saturated rings. The molecule has 106 valence electrons. The van der Waals surface area contributed by atoms with Crippen molar-refractivity contribution in [2.75, 3.05) is 0 Å². The van der Waals surface area contributed by atoms with Crippen LogP contribution < -0.4 is 5.73 Å². The molecule has 2 N–H and O–H groups in total. The minimum Gasteiger partial charge on any atom is -0.321 e. The van der Waals surface area contributed by atoms with Gasteiger partial charge in [0.2, 0.25) is 0 Å². The monoisotopic (exact) mass is 339 g/mol. The van der Waals surface area contributed by atoms with Crippen LogP contribution in [0.2, 0.25) is 0 Å². The maximum Gasteiger partial charge on any atom is 0.126 e. The van der Waals surface area contributed by atoms with E-state index in [0.29, 0.717) is 22.0 Å². The summed E-state index contributed by atoms with van der Waals surface area (Å²) in [6.45, 7) is 3.52. The van der Waals surface area contributed by atoms with Crippen LogP contribution in [0.3, 0.4) is 0 Å². The summed E-state index contributed by atoms with van der Waals surface area (Å²) in [5, 5.41) is 0. The van der Waals surface area contributed by atoms with E-state index < -0.39 is 5.54 Å². The molecule has 0 aliphatic rings. The fraction of sp³-hybridized carbons (Fsp3) is 0.250. The van der Waals surface area contributed by atoms with Crippen molar-refractivity contribution in [2.24, 2.45) is 5.73 Å². The van der Waals surface area contributed by atoms with Crippen molar-refractivity contribution < 1.29 is 8.78 Å². The molecule has 0 aliphatic heterocycles. The first-order valence-electron chi connectivity index (χ1n) is 6.28. The predicted molar refractivity (Wildman–Crippen MR) is 80.5 cm³/mol. The summed E-state index contributed by atoms with van der Waals surface area (Å²) in [5.41, 5.74) is 7.57. The molecule has 1 nitrogen and oxygen atoms in total. The normalized spacial score (nSPS) is 14.1. The van der Waals surface area contributed by atoms with E-state index in [1.165, 1.54) is 18.2 Å². The van der Waals surface area contributed by atoms with Crippen LogP contribution >= 0.6 is 15.9 Å². The first kappa shape index (κ1) is 15.1. The lowest BCUT2D eigenvalue weighted by Gasteiger charge is -2.26. The largest absolute Gasteiger partial charge is 0.321 e. The SMILES string of the molecule is Cc1ccc(C(C)(N)Cc2cc(F)cc(Br)c2)cc1F. The van der Waals surface area contributed by atoms with Crippen molar-refractivity contribution in [1.29, 1.82) is 0 Å². The van der Waals surface area contributed by atoms with E-state index in [-0.39, 0.29) is 11.6 Å². The molecule has 0 amide bonds. The molecule has 0 saturated carbocycles. The van der Waals surface area contributed by atoms with E-state index in [9.17, 15) is 8.78 Å². The first-order chi connectivity index (χ1) is 9.28. The van der Waals surface area contributed by atoms with E-state index in [2.05, 4.69) is 15.9 Å². The Morgan fingerprint density at radius 2 is 1.85 bits per heavy atom. The first-order valence-corrected chi connectivity index (χ1v) is 7.08. The molecule has 2 rings (SSSR count). The summed E-state index contributed by atoms with van der Waals surface area (Å²) in [7, 11) is 0. The van der Waals surface area contributed by atoms with Gasteiger partial charge >= 0.3 is 0 Å². The molecule has 2 aromatic carbocycles. The number of aryl methyl sites for hydroxylation is 1. The lowest BCUT2D eigenvalue weighted by Crippen LogP contribution is -2.35. The van der Waals surface area contributed by atoms with E-state index in [4.69, 9.17) is 5.73 Å². The molecule has 1 atom stereocenters. The summed E-state index contributed by atoms with van der Waals surface area (Å²) in [4.78, 5) is 0. The summed E-state index contributed by atoms with van der Waals surface area (Å²) in [5.74, 6) is -0.597. The van der Waals surface area contributed by atoms with Gasteiger partial charge in [-0.3, -0.25) is 0 Å². The summed E-state index contributed by atoms with van der Waals surface area (Å²) >= 11 is 3.26. The number of halogens is 3. The lowest BCUT2D eigenvalue weighted by molar-refractivity contribution is 0.484. The van der Waals surface area contributed by atoms with E-state index in [1.807, 2.05) is 19.1 Å². The van der Waals surface area contributed by atoms with Crippen molar-refractivity contribution in [3.63, 3.8) is 0 Å². The molecule has 2 aromatic rings. The molecule has 0 spiro atoms. The highest BCUT2D eigenvalue weighted by molar-refractivity contribution is 9.10. The van der Waals surface area contributed by atoms with Gasteiger partial charge in [0.25, 0.3) is 0 Å². The highest BCUT2D eigenvalue weighted by Gasteiger charge is 2.23. The average Bonchev–Trinajstić information content (AvgIpc) is 2.30. The average molecular weight is 340 g/mol. The second-order valence-electron chi connectivity index (χ2n) is 5.34. The Balaban J connectivity index is 2.32. The van der Waals surface area contributed by atoms with Crippen molar-refractivity contribution >= 4 is 15.9 Å². The fourth-order valence-electron chi connectivity index (χ4n) is 2.19. The standard InChI is InChI=1S/C16H16BrF2N/c1-10-3-4-12(7-15(10)19)16(2,20)9-11-5-13(17)8-14(18)6-11/h3-8H,9,20H2,1-2H3. The smallest absolute Gasteiger partial charge is 0.126 e. The molecule has 1 unspecified atom stereocenters. The number of nitrogens with two attached hydrogens (primary N) is 1. The minimum absolute atomic E-state index is 0.278. The van der Waals surface area contributed by atoms with Crippen LogP contribution in [0.25, 0.3) is 0 Å². The van der Waals surface area contributed by atoms with Crippen LogP contribution in [-0.4, -0.2) is 0 Å². The van der Waals surface area contributed by atoms with Crippen molar-refractivity contribution in [1.82, 2.24) is 0 Å². The van der Waals surface area contributed by atoms with Crippen LogP contribution in [0, 0.1) is 18.6 Å². The zero-order chi connectivity index (χ0) is 14.9. The molecule has 0 aromatic heterocycles. The van der Waals surface area contributed by atoms with E-state index in [0.717, 1.165) is 5.56 Å². The van der Waals surface area contributed by atoms with Crippen LogP contribution in [-0.2, 0) is 12.0 Å². The third kappa shape index (κ3) is 3.44. The van der Waals surface area contributed by atoms with Crippen molar-refractivity contribution in [2.45, 2.75) is 25.8 Å². The maximum absolute atomic E-state index is 13.7. The van der Waals surface area contributed by atoms with Crippen LogP contribution in [0.4, 0.5) is 8.78 Å². The summed E-state index contributed by atoms with van der Waals surface area (Å²) in [6, 6.07) is 9.62. The second kappa shape index (κ2) is 5.62. The third-order valence-corrected chi connectivity index (χ3v) is 3.78. The molecule has 4 heteroatoms. The van der Waals surface area contributed by atoms with Gasteiger partial charge in [0.15, 0.2) is 0 Å². The summed E-state index contributed by atoms with van der Waals surface area (Å²) < 4.78 is 27.7. The van der Waals surface area contributed by atoms with E-state index in [1.54, 1.807) is 13.0 Å². The van der Waals surface area contributed by atoms with Crippen LogP contribution in [0.1, 0.15) is 23.6 Å². The number of hydrogen-bond acceptors (Lipinski definition) is 1. The van der Waals surface area contributed by atoms with Gasteiger partial charge in [0.1, 0.15) is 11.6 Å². The molecule has 0 saturated heterocycles. The Hall–Kier alpha value is -1.26.